The van der Waals surface area contributed by atoms with Crippen LogP contribution in [-0.2, 0) is 4.79 Å². The third-order valence-corrected chi connectivity index (χ3v) is 2.53. The van der Waals surface area contributed by atoms with Crippen LogP contribution in [0.5, 0.6) is 0 Å². The molecular weight excluding hydrogens is 228 g/mol. The van der Waals surface area contributed by atoms with Gasteiger partial charge in [-0.1, -0.05) is 0 Å². The highest BCUT2D eigenvalue weighted by atomic mass is 19.1. The summed E-state index contributed by atoms with van der Waals surface area (Å²) in [6.07, 6.45) is 0. The third kappa shape index (κ3) is 3.15. The zero-order valence-corrected chi connectivity index (χ0v) is 10.00. The molecule has 94 valence electrons. The lowest BCUT2D eigenvalue weighted by Gasteiger charge is -2.28. The molecule has 1 N–H and O–H groups in total. The predicted octanol–water partition coefficient (Wildman–Crippen LogP) is 2.51. The van der Waals surface area contributed by atoms with Crippen LogP contribution in [0.3, 0.4) is 0 Å². The van der Waals surface area contributed by atoms with Gasteiger partial charge in [-0.25, -0.2) is 8.78 Å². The smallest absolute Gasteiger partial charge is 0.310 e. The van der Waals surface area contributed by atoms with Gasteiger partial charge in [-0.15, -0.1) is 0 Å². The van der Waals surface area contributed by atoms with E-state index in [1.165, 1.54) is 11.0 Å². The summed E-state index contributed by atoms with van der Waals surface area (Å²) in [6, 6.07) is 3.21. The summed E-state index contributed by atoms with van der Waals surface area (Å²) in [5, 5.41) is 8.97. The van der Waals surface area contributed by atoms with E-state index in [1.807, 2.05) is 0 Å². The van der Waals surface area contributed by atoms with Gasteiger partial charge in [-0.05, 0) is 26.0 Å². The van der Waals surface area contributed by atoms with Crippen LogP contribution in [0.25, 0.3) is 0 Å². The molecule has 0 unspecified atom stereocenters. The zero-order valence-electron chi connectivity index (χ0n) is 10.00. The van der Waals surface area contributed by atoms with E-state index in [9.17, 15) is 13.6 Å². The van der Waals surface area contributed by atoms with Crippen molar-refractivity contribution in [2.24, 2.45) is 5.41 Å². The highest BCUT2D eigenvalue weighted by Crippen LogP contribution is 2.24. The van der Waals surface area contributed by atoms with Crippen molar-refractivity contribution >= 4 is 11.7 Å². The first-order valence-electron chi connectivity index (χ1n) is 5.13. The summed E-state index contributed by atoms with van der Waals surface area (Å²) in [4.78, 5) is 12.4. The van der Waals surface area contributed by atoms with Crippen molar-refractivity contribution in [1.29, 1.82) is 0 Å². The highest BCUT2D eigenvalue weighted by molar-refractivity contribution is 5.74. The molecule has 0 amide bonds. The Morgan fingerprint density at radius 1 is 1.41 bits per heavy atom. The van der Waals surface area contributed by atoms with E-state index in [2.05, 4.69) is 0 Å². The second-order valence-corrected chi connectivity index (χ2v) is 4.64. The molecule has 1 rings (SSSR count). The van der Waals surface area contributed by atoms with Gasteiger partial charge in [0, 0.05) is 19.7 Å². The fourth-order valence-electron chi connectivity index (χ4n) is 1.54. The first-order valence-corrected chi connectivity index (χ1v) is 5.13. The lowest BCUT2D eigenvalue weighted by molar-refractivity contribution is -0.146. The number of anilines is 1. The topological polar surface area (TPSA) is 40.5 Å². The summed E-state index contributed by atoms with van der Waals surface area (Å²) >= 11 is 0. The summed E-state index contributed by atoms with van der Waals surface area (Å²) in [7, 11) is 1.57. The molecule has 0 bridgehead atoms. The number of carboxylic acid groups (broad SMARTS) is 1. The Morgan fingerprint density at radius 2 is 2.00 bits per heavy atom. The zero-order chi connectivity index (χ0) is 13.2. The second kappa shape index (κ2) is 4.69. The van der Waals surface area contributed by atoms with Crippen LogP contribution in [0.1, 0.15) is 13.8 Å². The second-order valence-electron chi connectivity index (χ2n) is 4.64. The van der Waals surface area contributed by atoms with Gasteiger partial charge in [0.15, 0.2) is 0 Å². The predicted molar refractivity (Wildman–Crippen MR) is 61.0 cm³/mol. The number of aliphatic carboxylic acids is 1. The Kier molecular flexibility index (Phi) is 3.70. The average Bonchev–Trinajstić information content (AvgIpc) is 2.15. The first kappa shape index (κ1) is 13.4. The van der Waals surface area contributed by atoms with Crippen molar-refractivity contribution in [2.75, 3.05) is 18.5 Å². The van der Waals surface area contributed by atoms with E-state index in [1.54, 1.807) is 20.9 Å². The van der Waals surface area contributed by atoms with Gasteiger partial charge in [0.25, 0.3) is 0 Å². The highest BCUT2D eigenvalue weighted by Gasteiger charge is 2.29. The minimum absolute atomic E-state index is 0.130. The van der Waals surface area contributed by atoms with Gasteiger partial charge in [0.2, 0.25) is 0 Å². The minimum atomic E-state index is -1.00. The van der Waals surface area contributed by atoms with Crippen molar-refractivity contribution in [3.05, 3.63) is 29.8 Å². The van der Waals surface area contributed by atoms with Crippen molar-refractivity contribution in [1.82, 2.24) is 0 Å². The van der Waals surface area contributed by atoms with Crippen LogP contribution < -0.4 is 4.90 Å². The van der Waals surface area contributed by atoms with Crippen molar-refractivity contribution in [3.63, 3.8) is 0 Å². The van der Waals surface area contributed by atoms with Crippen molar-refractivity contribution in [2.45, 2.75) is 13.8 Å². The SMILES string of the molecule is CN(CC(C)(C)C(=O)O)c1ccc(F)cc1F. The van der Waals surface area contributed by atoms with Gasteiger partial charge >= 0.3 is 5.97 Å². The minimum Gasteiger partial charge on any atom is -0.481 e. The van der Waals surface area contributed by atoms with E-state index in [0.29, 0.717) is 0 Å². The number of nitrogens with zero attached hydrogens (tertiary/aromatic N) is 1. The molecule has 0 atom stereocenters. The van der Waals surface area contributed by atoms with Crippen molar-refractivity contribution in [3.8, 4) is 0 Å². The van der Waals surface area contributed by atoms with E-state index in [0.717, 1.165) is 12.1 Å². The fraction of sp³-hybridized carbons (Fsp3) is 0.417. The van der Waals surface area contributed by atoms with Crippen LogP contribution in [0, 0.1) is 17.0 Å². The van der Waals surface area contributed by atoms with Crippen LogP contribution in [0.15, 0.2) is 18.2 Å². The standard InChI is InChI=1S/C12H15F2NO2/c1-12(2,11(16)17)7-15(3)10-5-4-8(13)6-9(10)14/h4-6H,7H2,1-3H3,(H,16,17). The van der Waals surface area contributed by atoms with Crippen LogP contribution >= 0.6 is 0 Å². The molecule has 0 radical (unpaired) electrons. The van der Waals surface area contributed by atoms with Gasteiger partial charge in [-0.3, -0.25) is 4.79 Å². The molecule has 17 heavy (non-hydrogen) atoms. The fourth-order valence-corrected chi connectivity index (χ4v) is 1.54. The number of halogens is 2. The monoisotopic (exact) mass is 243 g/mol. The van der Waals surface area contributed by atoms with E-state index < -0.39 is 23.0 Å². The van der Waals surface area contributed by atoms with Crippen LogP contribution in [0.4, 0.5) is 14.5 Å². The third-order valence-electron chi connectivity index (χ3n) is 2.53. The molecule has 5 heteroatoms. The summed E-state index contributed by atoms with van der Waals surface area (Å²) in [5.41, 5.74) is -0.823. The van der Waals surface area contributed by atoms with Crippen LogP contribution in [-0.4, -0.2) is 24.7 Å². The molecule has 0 saturated heterocycles. The number of benzene rings is 1. The lowest BCUT2D eigenvalue weighted by atomic mass is 9.93. The summed E-state index contributed by atoms with van der Waals surface area (Å²) < 4.78 is 26.2. The number of hydrogen-bond acceptors (Lipinski definition) is 2. The first-order chi connectivity index (χ1) is 7.74. The summed E-state index contributed by atoms with van der Waals surface area (Å²) in [5.74, 6) is -2.32. The average molecular weight is 243 g/mol. The molecule has 3 nitrogen and oxygen atoms in total. The number of hydrogen-bond donors (Lipinski definition) is 1. The molecule has 1 aromatic carbocycles. The largest absolute Gasteiger partial charge is 0.481 e. The Bertz CT molecular complexity index is 433. The van der Waals surface area contributed by atoms with E-state index in [4.69, 9.17) is 5.11 Å². The molecule has 0 aromatic heterocycles. The normalized spacial score (nSPS) is 11.4. The van der Waals surface area contributed by atoms with E-state index >= 15 is 0 Å². The summed E-state index contributed by atoms with van der Waals surface area (Å²) in [6.45, 7) is 3.23. The Hall–Kier alpha value is -1.65. The van der Waals surface area contributed by atoms with Gasteiger partial charge in [0.05, 0.1) is 11.1 Å². The Labute approximate surface area is 98.7 Å². The molecule has 0 aliphatic heterocycles. The maximum atomic E-state index is 13.4. The van der Waals surface area contributed by atoms with Crippen LogP contribution in [0.2, 0.25) is 0 Å². The molecule has 0 aliphatic carbocycles. The van der Waals surface area contributed by atoms with Gasteiger partial charge in [0.1, 0.15) is 11.6 Å². The molecule has 0 aliphatic rings. The molecule has 0 fully saturated rings. The quantitative estimate of drug-likeness (QED) is 0.883. The molecule has 0 saturated carbocycles. The number of carboxylic acids is 1. The lowest BCUT2D eigenvalue weighted by Crippen LogP contribution is -2.37. The molecule has 0 spiro atoms. The van der Waals surface area contributed by atoms with E-state index in [-0.39, 0.29) is 12.2 Å². The molecule has 1 aromatic rings. The van der Waals surface area contributed by atoms with Gasteiger partial charge in [-0.2, -0.15) is 0 Å². The Balaban J connectivity index is 2.90. The number of carbonyl (C=O) groups is 1. The molecule has 0 heterocycles. The maximum absolute atomic E-state index is 13.4. The number of rotatable bonds is 4. The Morgan fingerprint density at radius 3 is 2.47 bits per heavy atom. The molecular formula is C12H15F2NO2. The maximum Gasteiger partial charge on any atom is 0.310 e. The van der Waals surface area contributed by atoms with Crippen molar-refractivity contribution < 1.29 is 18.7 Å². The van der Waals surface area contributed by atoms with Gasteiger partial charge < -0.3 is 10.0 Å².